The Kier molecular flexibility index (Phi) is 3.28. The number of halogens is 2. The summed E-state index contributed by atoms with van der Waals surface area (Å²) in [5.41, 5.74) is 2.41. The summed E-state index contributed by atoms with van der Waals surface area (Å²) in [5.74, 6) is 0.585. The van der Waals surface area contributed by atoms with E-state index in [0.717, 1.165) is 11.1 Å². The molecule has 3 rings (SSSR count). The minimum Gasteiger partial charge on any atom is -0.427 e. The maximum atomic E-state index is 6.20. The number of rotatable bonds is 2. The first-order valence-electron chi connectivity index (χ1n) is 5.72. The summed E-state index contributed by atoms with van der Waals surface area (Å²) in [4.78, 5) is 4.24. The van der Waals surface area contributed by atoms with Gasteiger partial charge in [-0.05, 0) is 23.7 Å². The lowest BCUT2D eigenvalue weighted by Gasteiger charge is -2.03. The van der Waals surface area contributed by atoms with Gasteiger partial charge < -0.3 is 4.42 Å². The van der Waals surface area contributed by atoms with Crippen LogP contribution in [0.1, 0.15) is 0 Å². The first-order chi connectivity index (χ1) is 9.25. The van der Waals surface area contributed by atoms with Crippen LogP contribution in [0.4, 0.5) is 0 Å². The van der Waals surface area contributed by atoms with Crippen molar-refractivity contribution in [1.29, 1.82) is 0 Å². The quantitative estimate of drug-likeness (QED) is 0.638. The molecule has 94 valence electrons. The van der Waals surface area contributed by atoms with Crippen molar-refractivity contribution in [1.82, 2.24) is 4.98 Å². The van der Waals surface area contributed by atoms with E-state index in [1.54, 1.807) is 0 Å². The predicted molar refractivity (Wildman–Crippen MR) is 77.4 cm³/mol. The Morgan fingerprint density at radius 1 is 0.842 bits per heavy atom. The summed E-state index contributed by atoms with van der Waals surface area (Å²) in [6, 6.07) is 17.2. The molecule has 0 saturated heterocycles. The molecule has 0 aliphatic heterocycles. The summed E-state index contributed by atoms with van der Waals surface area (Å²) >= 11 is 12.1. The van der Waals surface area contributed by atoms with Crippen LogP contribution in [-0.4, -0.2) is 4.98 Å². The predicted octanol–water partition coefficient (Wildman–Crippen LogP) is 5.32. The fourth-order valence-electron chi connectivity index (χ4n) is 1.91. The van der Waals surface area contributed by atoms with Gasteiger partial charge in [-0.25, -0.2) is 0 Å². The third kappa shape index (κ3) is 2.37. The molecule has 1 aromatic heterocycles. The van der Waals surface area contributed by atoms with Gasteiger partial charge in [-0.3, -0.25) is 0 Å². The van der Waals surface area contributed by atoms with Gasteiger partial charge in [-0.1, -0.05) is 54.1 Å². The minimum atomic E-state index is 0.105. The van der Waals surface area contributed by atoms with E-state index < -0.39 is 0 Å². The van der Waals surface area contributed by atoms with Gasteiger partial charge in [0.25, 0.3) is 5.35 Å². The largest absolute Gasteiger partial charge is 0.427 e. The van der Waals surface area contributed by atoms with Crippen molar-refractivity contribution < 1.29 is 4.42 Å². The normalized spacial score (nSPS) is 10.6. The highest BCUT2D eigenvalue weighted by Gasteiger charge is 2.17. The molecule has 0 fully saturated rings. The van der Waals surface area contributed by atoms with Crippen LogP contribution in [0.3, 0.4) is 0 Å². The van der Waals surface area contributed by atoms with E-state index >= 15 is 0 Å². The lowest BCUT2D eigenvalue weighted by Crippen LogP contribution is -1.83. The highest BCUT2D eigenvalue weighted by atomic mass is 35.5. The van der Waals surface area contributed by atoms with Gasteiger partial charge in [-0.15, -0.1) is 0 Å². The van der Waals surface area contributed by atoms with Crippen LogP contribution in [0.5, 0.6) is 0 Å². The Labute approximate surface area is 120 Å². The summed E-state index contributed by atoms with van der Waals surface area (Å²) in [7, 11) is 0. The van der Waals surface area contributed by atoms with Crippen LogP contribution in [0, 0.1) is 0 Å². The SMILES string of the molecule is Clc1nc(-c2ccccc2)c(-c2ccccc2Cl)o1. The van der Waals surface area contributed by atoms with Crippen LogP contribution >= 0.6 is 23.2 Å². The fraction of sp³-hybridized carbons (Fsp3) is 0. The average molecular weight is 290 g/mol. The van der Waals surface area contributed by atoms with Gasteiger partial charge in [0.1, 0.15) is 5.69 Å². The number of nitrogens with zero attached hydrogens (tertiary/aromatic N) is 1. The van der Waals surface area contributed by atoms with E-state index in [1.165, 1.54) is 0 Å². The number of benzene rings is 2. The third-order valence-electron chi connectivity index (χ3n) is 2.77. The van der Waals surface area contributed by atoms with Crippen molar-refractivity contribution in [3.8, 4) is 22.6 Å². The summed E-state index contributed by atoms with van der Waals surface area (Å²) in [5, 5.41) is 0.710. The molecule has 0 N–H and O–H groups in total. The van der Waals surface area contributed by atoms with Gasteiger partial charge in [0.05, 0.1) is 5.02 Å². The molecule has 0 unspecified atom stereocenters. The third-order valence-corrected chi connectivity index (χ3v) is 3.26. The van der Waals surface area contributed by atoms with Gasteiger partial charge in [-0.2, -0.15) is 4.98 Å². The zero-order chi connectivity index (χ0) is 13.2. The zero-order valence-electron chi connectivity index (χ0n) is 9.81. The monoisotopic (exact) mass is 289 g/mol. The summed E-state index contributed by atoms with van der Waals surface area (Å²) in [6.45, 7) is 0. The lowest BCUT2D eigenvalue weighted by atomic mass is 10.1. The Morgan fingerprint density at radius 3 is 2.26 bits per heavy atom. The first-order valence-corrected chi connectivity index (χ1v) is 6.48. The molecule has 2 aromatic carbocycles. The molecule has 3 aromatic rings. The molecule has 19 heavy (non-hydrogen) atoms. The number of hydrogen-bond acceptors (Lipinski definition) is 2. The standard InChI is InChI=1S/C15H9Cl2NO/c16-12-9-5-4-8-11(12)14-13(18-15(17)19-14)10-6-2-1-3-7-10/h1-9H. The fourth-order valence-corrected chi connectivity index (χ4v) is 2.30. The molecule has 0 spiro atoms. The van der Waals surface area contributed by atoms with Crippen molar-refractivity contribution in [2.45, 2.75) is 0 Å². The highest BCUT2D eigenvalue weighted by molar-refractivity contribution is 6.33. The molecule has 2 nitrogen and oxygen atoms in total. The van der Waals surface area contributed by atoms with Crippen LogP contribution in [0.2, 0.25) is 10.4 Å². The maximum Gasteiger partial charge on any atom is 0.293 e. The number of oxazole rings is 1. The molecule has 1 heterocycles. The van der Waals surface area contributed by atoms with Gasteiger partial charge in [0.15, 0.2) is 5.76 Å². The Balaban J connectivity index is 2.21. The Morgan fingerprint density at radius 2 is 1.53 bits per heavy atom. The molecule has 0 aliphatic rings. The van der Waals surface area contributed by atoms with Crippen LogP contribution in [0.15, 0.2) is 59.0 Å². The molecule has 0 bridgehead atoms. The van der Waals surface area contributed by atoms with Gasteiger partial charge in [0.2, 0.25) is 0 Å². The molecule has 0 atom stereocenters. The van der Waals surface area contributed by atoms with Gasteiger partial charge in [0, 0.05) is 11.1 Å². The van der Waals surface area contributed by atoms with Crippen LogP contribution in [-0.2, 0) is 0 Å². The Bertz CT molecular complexity index is 707. The molecule has 0 radical (unpaired) electrons. The minimum absolute atomic E-state index is 0.105. The molecular formula is C15H9Cl2NO. The van der Waals surface area contributed by atoms with E-state index in [4.69, 9.17) is 27.6 Å². The van der Waals surface area contributed by atoms with Crippen molar-refractivity contribution in [2.24, 2.45) is 0 Å². The average Bonchev–Trinajstić information content (AvgIpc) is 2.82. The summed E-state index contributed by atoms with van der Waals surface area (Å²) < 4.78 is 5.51. The van der Waals surface area contributed by atoms with Crippen molar-refractivity contribution in [3.05, 3.63) is 65.0 Å². The van der Waals surface area contributed by atoms with Crippen molar-refractivity contribution >= 4 is 23.2 Å². The molecule has 0 amide bonds. The van der Waals surface area contributed by atoms with Crippen LogP contribution in [0.25, 0.3) is 22.6 Å². The maximum absolute atomic E-state index is 6.20. The van der Waals surface area contributed by atoms with E-state index in [-0.39, 0.29) is 5.35 Å². The lowest BCUT2D eigenvalue weighted by molar-refractivity contribution is 0.574. The summed E-state index contributed by atoms with van der Waals surface area (Å²) in [6.07, 6.45) is 0. The number of aromatic nitrogens is 1. The molecule has 4 heteroatoms. The van der Waals surface area contributed by atoms with E-state index in [9.17, 15) is 0 Å². The number of hydrogen-bond donors (Lipinski definition) is 0. The molecule has 0 aliphatic carbocycles. The second kappa shape index (κ2) is 5.08. The van der Waals surface area contributed by atoms with Crippen LogP contribution < -0.4 is 0 Å². The molecular weight excluding hydrogens is 281 g/mol. The van der Waals surface area contributed by atoms with Crippen molar-refractivity contribution in [2.75, 3.05) is 0 Å². The zero-order valence-corrected chi connectivity index (χ0v) is 11.3. The van der Waals surface area contributed by atoms with Gasteiger partial charge >= 0.3 is 0 Å². The highest BCUT2D eigenvalue weighted by Crippen LogP contribution is 2.37. The topological polar surface area (TPSA) is 26.0 Å². The molecule has 0 saturated carbocycles. The Hall–Kier alpha value is -1.77. The smallest absolute Gasteiger partial charge is 0.293 e. The first kappa shape index (κ1) is 12.3. The second-order valence-electron chi connectivity index (χ2n) is 3.99. The van der Waals surface area contributed by atoms with E-state index in [1.807, 2.05) is 54.6 Å². The van der Waals surface area contributed by atoms with E-state index in [0.29, 0.717) is 16.5 Å². The second-order valence-corrected chi connectivity index (χ2v) is 4.72. The van der Waals surface area contributed by atoms with E-state index in [2.05, 4.69) is 4.98 Å². The van der Waals surface area contributed by atoms with Crippen molar-refractivity contribution in [3.63, 3.8) is 0 Å².